The first-order valence-corrected chi connectivity index (χ1v) is 8.66. The third-order valence-corrected chi connectivity index (χ3v) is 4.77. The number of amides is 2. The van der Waals surface area contributed by atoms with Crippen LogP contribution in [0.1, 0.15) is 36.5 Å². The fraction of sp³-hybridized carbons (Fsp3) is 0.316. The zero-order valence-electron chi connectivity index (χ0n) is 15.1. The van der Waals surface area contributed by atoms with Crippen LogP contribution in [0.15, 0.2) is 30.3 Å². The fourth-order valence-corrected chi connectivity index (χ4v) is 2.90. The van der Waals surface area contributed by atoms with Gasteiger partial charge in [0.05, 0.1) is 17.3 Å². The lowest BCUT2D eigenvalue weighted by molar-refractivity contribution is -0.124. The summed E-state index contributed by atoms with van der Waals surface area (Å²) in [7, 11) is 0. The Morgan fingerprint density at radius 1 is 1.23 bits per heavy atom. The van der Waals surface area contributed by atoms with E-state index in [-0.39, 0.29) is 11.6 Å². The highest BCUT2D eigenvalue weighted by atomic mass is 16.2. The van der Waals surface area contributed by atoms with Gasteiger partial charge in [-0.3, -0.25) is 20.4 Å². The maximum atomic E-state index is 12.4. The molecule has 0 aliphatic carbocycles. The lowest BCUT2D eigenvalue weighted by Crippen LogP contribution is -2.51. The van der Waals surface area contributed by atoms with Gasteiger partial charge in [0.2, 0.25) is 0 Å². The number of H-pyrrole nitrogens is 1. The van der Waals surface area contributed by atoms with Crippen LogP contribution in [0, 0.1) is 12.8 Å². The van der Waals surface area contributed by atoms with Crippen LogP contribution >= 0.6 is 0 Å². The molecule has 0 bridgehead atoms. The van der Waals surface area contributed by atoms with Crippen LogP contribution < -0.4 is 16.6 Å². The number of nitrogens with two attached hydrogens (primary N) is 1. The number of nitrogens with one attached hydrogen (secondary N) is 3. The summed E-state index contributed by atoms with van der Waals surface area (Å²) in [6.45, 7) is 5.69. The minimum absolute atomic E-state index is 0.0230. The molecule has 3 rings (SSSR count). The Morgan fingerprint density at radius 3 is 2.69 bits per heavy atom. The van der Waals surface area contributed by atoms with Gasteiger partial charge in [-0.25, -0.2) is 4.98 Å². The number of hydrogen-bond donors (Lipinski definition) is 4. The maximum absolute atomic E-state index is 12.4. The Morgan fingerprint density at radius 2 is 1.96 bits per heavy atom. The van der Waals surface area contributed by atoms with Gasteiger partial charge in [0.15, 0.2) is 0 Å². The van der Waals surface area contributed by atoms with Crippen molar-refractivity contribution in [3.05, 3.63) is 41.7 Å². The molecular formula is C19H23N5O2. The minimum Gasteiger partial charge on any atom is -0.353 e. The summed E-state index contributed by atoms with van der Waals surface area (Å²) >= 11 is 0. The summed E-state index contributed by atoms with van der Waals surface area (Å²) < 4.78 is 0. The number of aromatic nitrogens is 2. The first-order chi connectivity index (χ1) is 12.4. The van der Waals surface area contributed by atoms with E-state index in [0.717, 1.165) is 28.2 Å². The van der Waals surface area contributed by atoms with Crippen LogP contribution in [0.3, 0.4) is 0 Å². The number of aryl methyl sites for hydroxylation is 1. The summed E-state index contributed by atoms with van der Waals surface area (Å²) in [6.07, 6.45) is 0.778. The third-order valence-electron chi connectivity index (χ3n) is 4.77. The first-order valence-electron chi connectivity index (χ1n) is 8.66. The Kier molecular flexibility index (Phi) is 4.90. The molecule has 2 heterocycles. The number of carbonyl (C=O) groups excluding carboxylic acids is 2. The van der Waals surface area contributed by atoms with E-state index in [1.54, 1.807) is 6.07 Å². The van der Waals surface area contributed by atoms with Crippen molar-refractivity contribution >= 4 is 33.6 Å². The van der Waals surface area contributed by atoms with Crippen LogP contribution in [0.5, 0.6) is 0 Å². The molecule has 1 aromatic carbocycles. The van der Waals surface area contributed by atoms with E-state index in [4.69, 9.17) is 5.73 Å². The number of aromatic amines is 1. The van der Waals surface area contributed by atoms with Crippen molar-refractivity contribution in [1.82, 2.24) is 20.8 Å². The average Bonchev–Trinajstić information content (AvgIpc) is 3.04. The lowest BCUT2D eigenvalue weighted by Gasteiger charge is -2.17. The van der Waals surface area contributed by atoms with Crippen molar-refractivity contribution in [3.8, 4) is 0 Å². The zero-order valence-corrected chi connectivity index (χ0v) is 15.1. The molecule has 0 unspecified atom stereocenters. The number of hydrogen-bond acceptors (Lipinski definition) is 4. The van der Waals surface area contributed by atoms with Gasteiger partial charge in [-0.15, -0.1) is 0 Å². The molecule has 5 N–H and O–H groups in total. The van der Waals surface area contributed by atoms with Crippen LogP contribution in [0.2, 0.25) is 0 Å². The molecule has 2 aromatic heterocycles. The number of pyridine rings is 1. The maximum Gasteiger partial charge on any atom is 0.288 e. The van der Waals surface area contributed by atoms with E-state index in [0.29, 0.717) is 5.69 Å². The Labute approximate surface area is 151 Å². The van der Waals surface area contributed by atoms with E-state index in [1.165, 1.54) is 0 Å². The van der Waals surface area contributed by atoms with Gasteiger partial charge in [0.25, 0.3) is 11.8 Å². The molecule has 0 radical (unpaired) electrons. The number of benzene rings is 1. The molecule has 0 spiro atoms. The number of rotatable bonds is 4. The summed E-state index contributed by atoms with van der Waals surface area (Å²) in [5.74, 6) is -0.877. The van der Waals surface area contributed by atoms with Gasteiger partial charge in [0.1, 0.15) is 5.69 Å². The molecule has 0 aliphatic rings. The van der Waals surface area contributed by atoms with Gasteiger partial charge in [-0.05, 0) is 25.0 Å². The van der Waals surface area contributed by atoms with Gasteiger partial charge >= 0.3 is 0 Å². The van der Waals surface area contributed by atoms with Crippen molar-refractivity contribution in [2.45, 2.75) is 33.2 Å². The molecule has 136 valence electrons. The normalized spacial score (nSPS) is 13.5. The SMILES string of the molecule is CC[C@H](C)[C@H](N)C(=O)NNC(=O)c1cc2c([nH]c3ccccc32)c(C)n1. The van der Waals surface area contributed by atoms with E-state index in [9.17, 15) is 9.59 Å². The highest BCUT2D eigenvalue weighted by molar-refractivity contribution is 6.10. The van der Waals surface area contributed by atoms with E-state index in [2.05, 4.69) is 20.8 Å². The van der Waals surface area contributed by atoms with E-state index >= 15 is 0 Å². The monoisotopic (exact) mass is 353 g/mol. The van der Waals surface area contributed by atoms with E-state index in [1.807, 2.05) is 45.0 Å². The molecular weight excluding hydrogens is 330 g/mol. The van der Waals surface area contributed by atoms with Crippen molar-refractivity contribution in [1.29, 1.82) is 0 Å². The second-order valence-electron chi connectivity index (χ2n) is 6.54. The van der Waals surface area contributed by atoms with Crippen molar-refractivity contribution in [2.75, 3.05) is 0 Å². The second kappa shape index (κ2) is 7.13. The largest absolute Gasteiger partial charge is 0.353 e. The van der Waals surface area contributed by atoms with E-state index < -0.39 is 17.9 Å². The number of para-hydroxylation sites is 1. The standard InChI is InChI=1S/C19H23N5O2/c1-4-10(2)16(20)19(26)24-23-18(25)15-9-13-12-7-5-6-8-14(12)22-17(13)11(3)21-15/h5-10,16,22H,4,20H2,1-3H3,(H,23,25)(H,24,26)/t10-,16-/m0/s1. The molecule has 7 nitrogen and oxygen atoms in total. The molecule has 0 saturated carbocycles. The molecule has 0 saturated heterocycles. The molecule has 2 amide bonds. The van der Waals surface area contributed by atoms with Gasteiger partial charge in [-0.1, -0.05) is 38.5 Å². The lowest BCUT2D eigenvalue weighted by atomic mass is 10.00. The smallest absolute Gasteiger partial charge is 0.288 e. The van der Waals surface area contributed by atoms with Crippen molar-refractivity contribution in [2.24, 2.45) is 11.7 Å². The summed E-state index contributed by atoms with van der Waals surface area (Å²) in [5.41, 5.74) is 13.5. The molecule has 3 aromatic rings. The number of nitrogens with zero attached hydrogens (tertiary/aromatic N) is 1. The highest BCUT2D eigenvalue weighted by Crippen LogP contribution is 2.27. The van der Waals surface area contributed by atoms with Gasteiger partial charge < -0.3 is 10.7 Å². The van der Waals surface area contributed by atoms with Crippen LogP contribution in [0.25, 0.3) is 21.8 Å². The minimum atomic E-state index is -0.675. The first kappa shape index (κ1) is 17.9. The molecule has 0 fully saturated rings. The number of carbonyl (C=O) groups is 2. The van der Waals surface area contributed by atoms with Crippen molar-refractivity contribution in [3.63, 3.8) is 0 Å². The van der Waals surface area contributed by atoms with Crippen LogP contribution in [-0.4, -0.2) is 27.8 Å². The van der Waals surface area contributed by atoms with Crippen LogP contribution in [0.4, 0.5) is 0 Å². The summed E-state index contributed by atoms with van der Waals surface area (Å²) in [4.78, 5) is 32.1. The molecule has 2 atom stereocenters. The average molecular weight is 353 g/mol. The molecule has 0 aliphatic heterocycles. The van der Waals surface area contributed by atoms with Gasteiger partial charge in [0, 0.05) is 16.3 Å². The topological polar surface area (TPSA) is 113 Å². The number of fused-ring (bicyclic) bond motifs is 3. The second-order valence-corrected chi connectivity index (χ2v) is 6.54. The third kappa shape index (κ3) is 3.25. The predicted molar refractivity (Wildman–Crippen MR) is 101 cm³/mol. The molecule has 26 heavy (non-hydrogen) atoms. The highest BCUT2D eigenvalue weighted by Gasteiger charge is 2.20. The Hall–Kier alpha value is -2.93. The Balaban J connectivity index is 1.82. The predicted octanol–water partition coefficient (Wildman–Crippen LogP) is 2.16. The number of hydrazine groups is 1. The fourth-order valence-electron chi connectivity index (χ4n) is 2.90. The summed E-state index contributed by atoms with van der Waals surface area (Å²) in [6, 6.07) is 8.90. The zero-order chi connectivity index (χ0) is 18.8. The molecule has 7 heteroatoms. The summed E-state index contributed by atoms with van der Waals surface area (Å²) in [5, 5.41) is 1.94. The van der Waals surface area contributed by atoms with Crippen LogP contribution in [-0.2, 0) is 4.79 Å². The van der Waals surface area contributed by atoms with Gasteiger partial charge in [-0.2, -0.15) is 0 Å². The quantitative estimate of drug-likeness (QED) is 0.538. The van der Waals surface area contributed by atoms with Crippen molar-refractivity contribution < 1.29 is 9.59 Å². The Bertz CT molecular complexity index is 979.